The van der Waals surface area contributed by atoms with Gasteiger partial charge in [0.2, 0.25) is 0 Å². The Morgan fingerprint density at radius 1 is 0.973 bits per heavy atom. The lowest BCUT2D eigenvalue weighted by Gasteiger charge is -2.14. The molecular formula is C30H28N2O5. The molecule has 5 rings (SSSR count). The number of carbonyl (C=O) groups is 2. The average Bonchev–Trinajstić information content (AvgIpc) is 3.61. The summed E-state index contributed by atoms with van der Waals surface area (Å²) in [5, 5.41) is 16.2. The van der Waals surface area contributed by atoms with Crippen LogP contribution in [0.1, 0.15) is 42.7 Å². The van der Waals surface area contributed by atoms with Gasteiger partial charge in [-0.05, 0) is 55.4 Å². The first-order chi connectivity index (χ1) is 17.8. The Morgan fingerprint density at radius 3 is 2.16 bits per heavy atom. The number of ether oxygens (including phenoxy) is 1. The Balaban J connectivity index is 1.27. The molecule has 4 aromatic rings. The fraction of sp³-hybridized carbons (Fsp3) is 0.233. The van der Waals surface area contributed by atoms with E-state index in [4.69, 9.17) is 9.26 Å². The summed E-state index contributed by atoms with van der Waals surface area (Å²) in [6, 6.07) is 25.3. The molecule has 1 aliphatic carbocycles. The van der Waals surface area contributed by atoms with Crippen LogP contribution in [0.15, 0.2) is 83.4 Å². The third kappa shape index (κ3) is 5.26. The Labute approximate surface area is 215 Å². The Bertz CT molecular complexity index is 1400. The smallest absolute Gasteiger partial charge is 0.412 e. The number of anilines is 1. The van der Waals surface area contributed by atoms with Crippen molar-refractivity contribution in [1.82, 2.24) is 5.16 Å². The fourth-order valence-corrected chi connectivity index (χ4v) is 4.44. The minimum absolute atomic E-state index is 0.408. The molecule has 0 aliphatic heterocycles. The molecule has 7 nitrogen and oxygen atoms in total. The number of nitrogens with zero attached hydrogens (tertiary/aromatic N) is 1. The number of rotatable bonds is 8. The van der Waals surface area contributed by atoms with Crippen molar-refractivity contribution in [3.05, 3.63) is 95.7 Å². The molecule has 1 amide bonds. The predicted molar refractivity (Wildman–Crippen MR) is 140 cm³/mol. The van der Waals surface area contributed by atoms with Gasteiger partial charge in [-0.1, -0.05) is 84.0 Å². The third-order valence-corrected chi connectivity index (χ3v) is 6.93. The third-order valence-electron chi connectivity index (χ3n) is 6.93. The van der Waals surface area contributed by atoms with Gasteiger partial charge >= 0.3 is 12.1 Å². The molecule has 7 heteroatoms. The van der Waals surface area contributed by atoms with Crippen LogP contribution in [0.5, 0.6) is 0 Å². The van der Waals surface area contributed by atoms with Gasteiger partial charge < -0.3 is 14.4 Å². The Kier molecular flexibility index (Phi) is 6.53. The summed E-state index contributed by atoms with van der Waals surface area (Å²) in [7, 11) is 0. The molecule has 1 aromatic heterocycles. The van der Waals surface area contributed by atoms with Gasteiger partial charge in [0.15, 0.2) is 5.76 Å². The fourth-order valence-electron chi connectivity index (χ4n) is 4.44. The zero-order chi connectivity index (χ0) is 26.0. The molecule has 1 aliphatic rings. The van der Waals surface area contributed by atoms with Gasteiger partial charge in [-0.3, -0.25) is 10.1 Å². The molecule has 1 unspecified atom stereocenters. The number of hydrogen-bond donors (Lipinski definition) is 2. The van der Waals surface area contributed by atoms with Crippen LogP contribution in [-0.2, 0) is 16.0 Å². The van der Waals surface area contributed by atoms with Crippen molar-refractivity contribution in [1.29, 1.82) is 0 Å². The van der Waals surface area contributed by atoms with E-state index in [0.717, 1.165) is 40.7 Å². The highest BCUT2D eigenvalue weighted by atomic mass is 16.6. The van der Waals surface area contributed by atoms with Crippen molar-refractivity contribution in [3.63, 3.8) is 0 Å². The lowest BCUT2D eigenvalue weighted by Crippen LogP contribution is -2.17. The number of aliphatic carboxylic acids is 1. The first kappa shape index (κ1) is 24.3. The number of aromatic nitrogens is 1. The van der Waals surface area contributed by atoms with Gasteiger partial charge in [-0.25, -0.2) is 4.79 Å². The van der Waals surface area contributed by atoms with Gasteiger partial charge in [-0.2, -0.15) is 0 Å². The van der Waals surface area contributed by atoms with E-state index >= 15 is 0 Å². The van der Waals surface area contributed by atoms with Crippen molar-refractivity contribution in [2.75, 3.05) is 5.32 Å². The molecule has 0 saturated heterocycles. The zero-order valence-corrected chi connectivity index (χ0v) is 20.7. The second-order valence-electron chi connectivity index (χ2n) is 9.59. The Morgan fingerprint density at radius 2 is 1.57 bits per heavy atom. The van der Waals surface area contributed by atoms with Crippen molar-refractivity contribution in [2.24, 2.45) is 5.41 Å². The van der Waals surface area contributed by atoms with E-state index in [-0.39, 0.29) is 0 Å². The van der Waals surface area contributed by atoms with Gasteiger partial charge in [0.05, 0.1) is 5.41 Å². The van der Waals surface area contributed by atoms with E-state index in [1.807, 2.05) is 85.8 Å². The van der Waals surface area contributed by atoms with Gasteiger partial charge in [0.25, 0.3) is 0 Å². The number of nitrogens with one attached hydrogen (secondary N) is 1. The van der Waals surface area contributed by atoms with Crippen LogP contribution in [0.25, 0.3) is 22.5 Å². The molecule has 37 heavy (non-hydrogen) atoms. The number of amides is 1. The highest BCUT2D eigenvalue weighted by molar-refractivity contribution is 5.91. The maximum atomic E-state index is 12.6. The van der Waals surface area contributed by atoms with Crippen molar-refractivity contribution in [3.8, 4) is 22.5 Å². The molecule has 1 fully saturated rings. The van der Waals surface area contributed by atoms with Crippen LogP contribution in [0.2, 0.25) is 0 Å². The molecule has 0 radical (unpaired) electrons. The predicted octanol–water partition coefficient (Wildman–Crippen LogP) is 7.03. The van der Waals surface area contributed by atoms with E-state index in [1.54, 1.807) is 6.92 Å². The molecule has 0 bridgehead atoms. The average molecular weight is 497 g/mol. The van der Waals surface area contributed by atoms with Crippen molar-refractivity contribution >= 4 is 17.7 Å². The Hall–Kier alpha value is -4.39. The summed E-state index contributed by atoms with van der Waals surface area (Å²) < 4.78 is 11.1. The van der Waals surface area contributed by atoms with Gasteiger partial charge in [-0.15, -0.1) is 0 Å². The molecule has 188 valence electrons. The number of aryl methyl sites for hydroxylation is 1. The normalized spacial score (nSPS) is 14.5. The van der Waals surface area contributed by atoms with Gasteiger partial charge in [0.1, 0.15) is 17.5 Å². The van der Waals surface area contributed by atoms with Crippen molar-refractivity contribution in [2.45, 2.75) is 39.2 Å². The number of hydrogen-bond acceptors (Lipinski definition) is 5. The molecule has 1 atom stereocenters. The topological polar surface area (TPSA) is 102 Å². The largest absolute Gasteiger partial charge is 0.481 e. The summed E-state index contributed by atoms with van der Waals surface area (Å²) in [6.45, 7) is 3.58. The number of carboxylic acids is 1. The first-order valence-corrected chi connectivity index (χ1v) is 12.3. The second-order valence-corrected chi connectivity index (χ2v) is 9.59. The van der Waals surface area contributed by atoms with Crippen LogP contribution in [0, 0.1) is 12.3 Å². The standard InChI is InChI=1S/C30H28N2O5/c1-19-26(31-29(35)36-20(2)22-6-4-3-5-7-22)27(37-32-19)25-14-12-24(13-15-25)23-10-8-21(9-11-23)18-30(16-17-30)28(33)34/h3-15,20H,16-18H2,1-2H3,(H,31,35)(H,33,34). The SMILES string of the molecule is Cc1noc(-c2ccc(-c3ccc(CC4(C(=O)O)CC4)cc3)cc2)c1NC(=O)OC(C)c1ccccc1. The maximum Gasteiger partial charge on any atom is 0.412 e. The zero-order valence-electron chi connectivity index (χ0n) is 20.7. The summed E-state index contributed by atoms with van der Waals surface area (Å²) >= 11 is 0. The molecule has 1 saturated carbocycles. The lowest BCUT2D eigenvalue weighted by atomic mass is 9.94. The van der Waals surface area contributed by atoms with Gasteiger partial charge in [0, 0.05) is 5.56 Å². The van der Waals surface area contributed by atoms with Crippen LogP contribution in [-0.4, -0.2) is 22.3 Å². The summed E-state index contributed by atoms with van der Waals surface area (Å²) in [4.78, 5) is 24.1. The lowest BCUT2D eigenvalue weighted by molar-refractivity contribution is -0.143. The van der Waals surface area contributed by atoms with E-state index in [2.05, 4.69) is 10.5 Å². The van der Waals surface area contributed by atoms with E-state index in [9.17, 15) is 14.7 Å². The minimum atomic E-state index is -0.706. The highest BCUT2D eigenvalue weighted by Crippen LogP contribution is 2.48. The maximum absolute atomic E-state index is 12.6. The summed E-state index contributed by atoms with van der Waals surface area (Å²) in [5.74, 6) is -0.255. The first-order valence-electron chi connectivity index (χ1n) is 12.3. The summed E-state index contributed by atoms with van der Waals surface area (Å²) in [6.07, 6.45) is 1.06. The second kappa shape index (κ2) is 9.93. The number of benzene rings is 3. The quantitative estimate of drug-likeness (QED) is 0.271. The van der Waals surface area contributed by atoms with E-state index in [0.29, 0.717) is 23.6 Å². The molecular weight excluding hydrogens is 468 g/mol. The summed E-state index contributed by atoms with van der Waals surface area (Å²) in [5.41, 5.74) is 5.18. The number of carbonyl (C=O) groups excluding carboxylic acids is 1. The van der Waals surface area contributed by atoms with E-state index in [1.165, 1.54) is 0 Å². The highest BCUT2D eigenvalue weighted by Gasteiger charge is 2.49. The molecule has 0 spiro atoms. The van der Waals surface area contributed by atoms with Crippen LogP contribution >= 0.6 is 0 Å². The molecule has 2 N–H and O–H groups in total. The molecule has 3 aromatic carbocycles. The van der Waals surface area contributed by atoms with Crippen LogP contribution in [0.4, 0.5) is 10.5 Å². The monoisotopic (exact) mass is 496 g/mol. The molecule has 1 heterocycles. The van der Waals surface area contributed by atoms with Crippen LogP contribution < -0.4 is 5.32 Å². The minimum Gasteiger partial charge on any atom is -0.481 e. The van der Waals surface area contributed by atoms with E-state index < -0.39 is 23.6 Å². The van der Waals surface area contributed by atoms with Crippen molar-refractivity contribution < 1.29 is 24.0 Å². The number of carboxylic acid groups (broad SMARTS) is 1. The van der Waals surface area contributed by atoms with Crippen LogP contribution in [0.3, 0.4) is 0 Å².